The minimum Gasteiger partial charge on any atom is -0.491 e. The first-order valence-electron chi connectivity index (χ1n) is 7.59. The molecule has 0 spiro atoms. The van der Waals surface area contributed by atoms with Crippen LogP contribution in [-0.4, -0.2) is 43.8 Å². The van der Waals surface area contributed by atoms with Crippen LogP contribution in [0.25, 0.3) is 0 Å². The summed E-state index contributed by atoms with van der Waals surface area (Å²) in [7, 11) is 3.97. The van der Waals surface area contributed by atoms with Crippen LogP contribution in [0, 0.1) is 0 Å². The van der Waals surface area contributed by atoms with Crippen molar-refractivity contribution in [2.24, 2.45) is 0 Å². The van der Waals surface area contributed by atoms with Crippen LogP contribution in [0.2, 0.25) is 5.02 Å². The second kappa shape index (κ2) is 9.57. The number of nitrogens with zero attached hydrogens (tertiary/aromatic N) is 1. The molecule has 1 N–H and O–H groups in total. The third kappa shape index (κ3) is 6.43. The molecule has 0 saturated heterocycles. The van der Waals surface area contributed by atoms with Gasteiger partial charge in [-0.25, -0.2) is 0 Å². The van der Waals surface area contributed by atoms with Gasteiger partial charge in [0.05, 0.1) is 10.8 Å². The van der Waals surface area contributed by atoms with Gasteiger partial charge in [0.25, 0.3) is 0 Å². The second-order valence-electron chi connectivity index (χ2n) is 5.45. The van der Waals surface area contributed by atoms with Crippen molar-refractivity contribution in [3.8, 4) is 5.75 Å². The molecule has 0 aliphatic rings. The zero-order chi connectivity index (χ0) is 17.4. The van der Waals surface area contributed by atoms with E-state index in [4.69, 9.17) is 16.3 Å². The Morgan fingerprint density at radius 1 is 1.21 bits per heavy atom. The fourth-order valence-electron chi connectivity index (χ4n) is 1.90. The Kier molecular flexibility index (Phi) is 7.43. The van der Waals surface area contributed by atoms with Gasteiger partial charge in [0.1, 0.15) is 12.4 Å². The van der Waals surface area contributed by atoms with E-state index >= 15 is 0 Å². The Bertz CT molecular complexity index is 665. The van der Waals surface area contributed by atoms with E-state index < -0.39 is 0 Å². The van der Waals surface area contributed by atoms with Crippen molar-refractivity contribution in [2.75, 3.05) is 38.3 Å². The summed E-state index contributed by atoms with van der Waals surface area (Å²) in [6.45, 7) is 1.37. The van der Waals surface area contributed by atoms with Gasteiger partial charge in [0.15, 0.2) is 0 Å². The van der Waals surface area contributed by atoms with E-state index in [2.05, 4.69) is 5.32 Å². The number of carbonyl (C=O) groups excluding carboxylic acids is 1. The summed E-state index contributed by atoms with van der Waals surface area (Å²) in [4.78, 5) is 15.1. The highest BCUT2D eigenvalue weighted by molar-refractivity contribution is 8.00. The lowest BCUT2D eigenvalue weighted by Gasteiger charge is -2.13. The lowest BCUT2D eigenvalue weighted by atomic mass is 10.3. The van der Waals surface area contributed by atoms with Crippen LogP contribution in [-0.2, 0) is 4.79 Å². The van der Waals surface area contributed by atoms with E-state index in [0.717, 1.165) is 11.4 Å². The molecule has 0 heterocycles. The molecule has 2 rings (SSSR count). The van der Waals surface area contributed by atoms with Crippen LogP contribution in [0.4, 0.5) is 5.69 Å². The maximum atomic E-state index is 12.0. The van der Waals surface area contributed by atoms with E-state index in [1.165, 1.54) is 11.8 Å². The van der Waals surface area contributed by atoms with Gasteiger partial charge in [-0.2, -0.15) is 0 Å². The number of rotatable bonds is 8. The highest BCUT2D eigenvalue weighted by Gasteiger charge is 2.07. The summed E-state index contributed by atoms with van der Waals surface area (Å²) >= 11 is 7.70. The summed E-state index contributed by atoms with van der Waals surface area (Å²) in [6.07, 6.45) is 0. The van der Waals surface area contributed by atoms with Crippen LogP contribution in [0.1, 0.15) is 0 Å². The largest absolute Gasteiger partial charge is 0.491 e. The average molecular weight is 365 g/mol. The quantitative estimate of drug-likeness (QED) is 0.718. The number of likely N-dealkylation sites (N-methyl/N-ethyl adjacent to an activating group) is 1. The molecule has 0 saturated carbocycles. The maximum Gasteiger partial charge on any atom is 0.234 e. The summed E-state index contributed by atoms with van der Waals surface area (Å²) < 4.78 is 5.62. The van der Waals surface area contributed by atoms with Crippen molar-refractivity contribution in [3.63, 3.8) is 0 Å². The molecule has 0 atom stereocenters. The van der Waals surface area contributed by atoms with Crippen LogP contribution < -0.4 is 10.1 Å². The Hall–Kier alpha value is -1.69. The lowest BCUT2D eigenvalue weighted by molar-refractivity contribution is -0.113. The van der Waals surface area contributed by atoms with Gasteiger partial charge >= 0.3 is 0 Å². The first-order valence-corrected chi connectivity index (χ1v) is 8.96. The molecule has 0 aromatic heterocycles. The Morgan fingerprint density at radius 3 is 2.62 bits per heavy atom. The van der Waals surface area contributed by atoms with Crippen molar-refractivity contribution in [1.82, 2.24) is 4.90 Å². The van der Waals surface area contributed by atoms with Crippen LogP contribution >= 0.6 is 23.4 Å². The van der Waals surface area contributed by atoms with Crippen molar-refractivity contribution in [1.29, 1.82) is 0 Å². The summed E-state index contributed by atoms with van der Waals surface area (Å²) in [5.41, 5.74) is 0.665. The van der Waals surface area contributed by atoms with Crippen molar-refractivity contribution in [2.45, 2.75) is 4.90 Å². The topological polar surface area (TPSA) is 41.6 Å². The molecule has 4 nitrogen and oxygen atoms in total. The summed E-state index contributed by atoms with van der Waals surface area (Å²) in [5, 5.41) is 3.33. The van der Waals surface area contributed by atoms with Crippen LogP contribution in [0.5, 0.6) is 5.75 Å². The molecular weight excluding hydrogens is 344 g/mol. The fraction of sp³-hybridized carbons (Fsp3) is 0.278. The molecule has 24 heavy (non-hydrogen) atoms. The third-order valence-electron chi connectivity index (χ3n) is 3.12. The predicted molar refractivity (Wildman–Crippen MR) is 101 cm³/mol. The van der Waals surface area contributed by atoms with Gasteiger partial charge in [0, 0.05) is 17.1 Å². The molecule has 2 aromatic rings. The van der Waals surface area contributed by atoms with Gasteiger partial charge in [-0.05, 0) is 44.4 Å². The average Bonchev–Trinajstić information content (AvgIpc) is 2.56. The Balaban J connectivity index is 1.83. The van der Waals surface area contributed by atoms with Crippen LogP contribution in [0.15, 0.2) is 53.4 Å². The first-order chi connectivity index (χ1) is 11.5. The molecule has 0 aliphatic carbocycles. The number of thioether (sulfide) groups is 1. The van der Waals surface area contributed by atoms with Crippen molar-refractivity contribution >= 4 is 35.0 Å². The highest BCUT2D eigenvalue weighted by atomic mass is 35.5. The third-order valence-corrected chi connectivity index (χ3v) is 4.43. The zero-order valence-corrected chi connectivity index (χ0v) is 15.4. The summed E-state index contributed by atoms with van der Waals surface area (Å²) in [6, 6.07) is 15.1. The van der Waals surface area contributed by atoms with E-state index in [1.54, 1.807) is 18.2 Å². The minimum atomic E-state index is -0.0683. The van der Waals surface area contributed by atoms with E-state index in [0.29, 0.717) is 28.8 Å². The summed E-state index contributed by atoms with van der Waals surface area (Å²) in [5.74, 6) is 0.902. The molecule has 0 aliphatic heterocycles. The number of hydrogen-bond donors (Lipinski definition) is 1. The van der Waals surface area contributed by atoms with Gasteiger partial charge in [0.2, 0.25) is 5.91 Å². The van der Waals surface area contributed by atoms with E-state index in [9.17, 15) is 4.79 Å². The number of benzene rings is 2. The van der Waals surface area contributed by atoms with Crippen molar-refractivity contribution < 1.29 is 9.53 Å². The van der Waals surface area contributed by atoms with Gasteiger partial charge in [-0.3, -0.25) is 4.79 Å². The monoisotopic (exact) mass is 364 g/mol. The minimum absolute atomic E-state index is 0.0683. The zero-order valence-electron chi connectivity index (χ0n) is 13.8. The molecule has 0 radical (unpaired) electrons. The van der Waals surface area contributed by atoms with Gasteiger partial charge in [-0.1, -0.05) is 29.8 Å². The molecule has 1 amide bonds. The van der Waals surface area contributed by atoms with Crippen LogP contribution in [0.3, 0.4) is 0 Å². The first kappa shape index (κ1) is 18.6. The van der Waals surface area contributed by atoms with E-state index in [-0.39, 0.29) is 5.91 Å². The standard InChI is InChI=1S/C18H21ClN2O2S/c1-21(2)10-11-23-17-9-8-14(12-16(17)19)20-18(22)13-24-15-6-4-3-5-7-15/h3-9,12H,10-11,13H2,1-2H3,(H,20,22). The number of anilines is 1. The molecule has 128 valence electrons. The van der Waals surface area contributed by atoms with Gasteiger partial charge in [-0.15, -0.1) is 11.8 Å². The molecule has 0 fully saturated rings. The van der Waals surface area contributed by atoms with Crippen molar-refractivity contribution in [3.05, 3.63) is 53.6 Å². The second-order valence-corrected chi connectivity index (χ2v) is 6.90. The SMILES string of the molecule is CN(C)CCOc1ccc(NC(=O)CSc2ccccc2)cc1Cl. The highest BCUT2D eigenvalue weighted by Crippen LogP contribution is 2.28. The molecule has 0 unspecified atom stereocenters. The van der Waals surface area contributed by atoms with E-state index in [1.807, 2.05) is 49.3 Å². The normalized spacial score (nSPS) is 10.7. The molecule has 2 aromatic carbocycles. The Morgan fingerprint density at radius 2 is 1.96 bits per heavy atom. The predicted octanol–water partition coefficient (Wildman–Crippen LogP) is 4.01. The number of carbonyl (C=O) groups is 1. The fourth-order valence-corrected chi connectivity index (χ4v) is 2.85. The lowest BCUT2D eigenvalue weighted by Crippen LogP contribution is -2.19. The number of ether oxygens (including phenoxy) is 1. The molecule has 0 bridgehead atoms. The number of nitrogens with one attached hydrogen (secondary N) is 1. The maximum absolute atomic E-state index is 12.0. The number of amides is 1. The Labute approximate surface area is 152 Å². The number of halogens is 1. The number of hydrogen-bond acceptors (Lipinski definition) is 4. The molecular formula is C18H21ClN2O2S. The molecule has 6 heteroatoms. The smallest absolute Gasteiger partial charge is 0.234 e. The van der Waals surface area contributed by atoms with Gasteiger partial charge < -0.3 is 15.0 Å².